The standard InChI is InChI=1S/C19H19FN4O2.HI/c1-22-19(23-12-14-4-3-13(11-21)9-16(14)20)24-15-5-6-17-18(10-15)26-8-2-7-25-17;/h3-6,9-10H,2,7-8,12H2,1H3,(H2,22,23,24);1H. The Bertz CT molecular complexity index is 867. The summed E-state index contributed by atoms with van der Waals surface area (Å²) >= 11 is 0. The largest absolute Gasteiger partial charge is 0.490 e. The minimum atomic E-state index is -0.428. The van der Waals surface area contributed by atoms with Gasteiger partial charge in [-0.1, -0.05) is 6.07 Å². The van der Waals surface area contributed by atoms with Gasteiger partial charge in [-0.15, -0.1) is 24.0 Å². The molecule has 0 amide bonds. The van der Waals surface area contributed by atoms with Crippen LogP contribution in [0.5, 0.6) is 11.5 Å². The topological polar surface area (TPSA) is 78.7 Å². The molecule has 142 valence electrons. The number of halogens is 2. The quantitative estimate of drug-likeness (QED) is 0.397. The van der Waals surface area contributed by atoms with Crippen LogP contribution in [0.2, 0.25) is 0 Å². The Labute approximate surface area is 174 Å². The molecule has 2 aromatic carbocycles. The monoisotopic (exact) mass is 482 g/mol. The Balaban J connectivity index is 0.00000261. The van der Waals surface area contributed by atoms with Gasteiger partial charge in [-0.05, 0) is 24.3 Å². The number of ether oxygens (including phenoxy) is 2. The number of rotatable bonds is 3. The first-order valence-electron chi connectivity index (χ1n) is 8.25. The fraction of sp³-hybridized carbons (Fsp3) is 0.263. The number of hydrogen-bond acceptors (Lipinski definition) is 4. The zero-order chi connectivity index (χ0) is 18.4. The number of nitriles is 1. The Kier molecular flexibility index (Phi) is 7.67. The normalized spacial score (nSPS) is 13.0. The molecule has 0 aliphatic carbocycles. The Morgan fingerprint density at radius 1 is 1.19 bits per heavy atom. The van der Waals surface area contributed by atoms with Crippen molar-refractivity contribution in [3.05, 3.63) is 53.3 Å². The van der Waals surface area contributed by atoms with Crippen molar-refractivity contribution in [2.24, 2.45) is 4.99 Å². The van der Waals surface area contributed by atoms with Crippen LogP contribution in [0.1, 0.15) is 17.5 Å². The predicted molar refractivity (Wildman–Crippen MR) is 112 cm³/mol. The molecule has 0 spiro atoms. The van der Waals surface area contributed by atoms with Crippen molar-refractivity contribution in [3.8, 4) is 17.6 Å². The van der Waals surface area contributed by atoms with Crippen LogP contribution in [0.4, 0.5) is 10.1 Å². The molecule has 1 heterocycles. The van der Waals surface area contributed by atoms with Crippen LogP contribution in [0.15, 0.2) is 41.4 Å². The van der Waals surface area contributed by atoms with Gasteiger partial charge in [0.15, 0.2) is 17.5 Å². The molecule has 1 aliphatic heterocycles. The van der Waals surface area contributed by atoms with Gasteiger partial charge in [0.05, 0.1) is 24.8 Å². The van der Waals surface area contributed by atoms with Crippen molar-refractivity contribution in [1.82, 2.24) is 5.32 Å². The number of nitrogens with one attached hydrogen (secondary N) is 2. The summed E-state index contributed by atoms with van der Waals surface area (Å²) in [6.45, 7) is 1.49. The number of hydrogen-bond donors (Lipinski definition) is 2. The second-order valence-electron chi connectivity index (χ2n) is 5.68. The Morgan fingerprint density at radius 3 is 2.67 bits per heavy atom. The summed E-state index contributed by atoms with van der Waals surface area (Å²) in [5, 5.41) is 15.0. The summed E-state index contributed by atoms with van der Waals surface area (Å²) in [6.07, 6.45) is 0.844. The highest BCUT2D eigenvalue weighted by Gasteiger charge is 2.11. The van der Waals surface area contributed by atoms with Crippen LogP contribution < -0.4 is 20.1 Å². The van der Waals surface area contributed by atoms with Crippen LogP contribution in [0.3, 0.4) is 0 Å². The van der Waals surface area contributed by atoms with Crippen molar-refractivity contribution in [3.63, 3.8) is 0 Å². The van der Waals surface area contributed by atoms with Gasteiger partial charge in [-0.2, -0.15) is 5.26 Å². The van der Waals surface area contributed by atoms with Crippen molar-refractivity contribution >= 4 is 35.6 Å². The number of guanidine groups is 1. The van der Waals surface area contributed by atoms with Crippen LogP contribution in [0.25, 0.3) is 0 Å². The molecule has 0 unspecified atom stereocenters. The highest BCUT2D eigenvalue weighted by molar-refractivity contribution is 14.0. The molecule has 0 radical (unpaired) electrons. The summed E-state index contributed by atoms with van der Waals surface area (Å²) in [6, 6.07) is 11.9. The number of fused-ring (bicyclic) bond motifs is 1. The number of benzene rings is 2. The van der Waals surface area contributed by atoms with Gasteiger partial charge in [0, 0.05) is 37.3 Å². The summed E-state index contributed by atoms with van der Waals surface area (Å²) in [4.78, 5) is 4.14. The van der Waals surface area contributed by atoms with Gasteiger partial charge in [0.2, 0.25) is 0 Å². The van der Waals surface area contributed by atoms with E-state index >= 15 is 0 Å². The van der Waals surface area contributed by atoms with E-state index in [1.807, 2.05) is 24.3 Å². The van der Waals surface area contributed by atoms with Gasteiger partial charge in [0.25, 0.3) is 0 Å². The lowest BCUT2D eigenvalue weighted by molar-refractivity contribution is 0.297. The van der Waals surface area contributed by atoms with Crippen LogP contribution in [0, 0.1) is 17.1 Å². The number of anilines is 1. The van der Waals surface area contributed by atoms with Crippen LogP contribution in [-0.2, 0) is 6.54 Å². The lowest BCUT2D eigenvalue weighted by Gasteiger charge is -2.14. The molecule has 27 heavy (non-hydrogen) atoms. The smallest absolute Gasteiger partial charge is 0.195 e. The van der Waals surface area contributed by atoms with Gasteiger partial charge < -0.3 is 20.1 Å². The summed E-state index contributed by atoms with van der Waals surface area (Å²) in [7, 11) is 1.63. The maximum atomic E-state index is 14.0. The van der Waals surface area contributed by atoms with Crippen LogP contribution >= 0.6 is 24.0 Å². The van der Waals surface area contributed by atoms with E-state index in [1.54, 1.807) is 19.2 Å². The molecule has 1 aliphatic rings. The molecule has 0 fully saturated rings. The summed E-state index contributed by atoms with van der Waals surface area (Å²) < 4.78 is 25.2. The number of nitrogens with zero attached hydrogens (tertiary/aromatic N) is 2. The first kappa shape index (κ1) is 20.8. The minimum absolute atomic E-state index is 0. The zero-order valence-corrected chi connectivity index (χ0v) is 17.1. The van der Waals surface area contributed by atoms with E-state index in [0.717, 1.165) is 17.9 Å². The predicted octanol–water partition coefficient (Wildman–Crippen LogP) is 3.66. The average molecular weight is 482 g/mol. The molecule has 0 bridgehead atoms. The van der Waals surface area contributed by atoms with Gasteiger partial charge in [-0.25, -0.2) is 4.39 Å². The first-order chi connectivity index (χ1) is 12.7. The van der Waals surface area contributed by atoms with E-state index in [0.29, 0.717) is 36.0 Å². The van der Waals surface area contributed by atoms with Crippen molar-refractivity contribution in [1.29, 1.82) is 5.26 Å². The van der Waals surface area contributed by atoms with Crippen molar-refractivity contribution in [2.45, 2.75) is 13.0 Å². The zero-order valence-electron chi connectivity index (χ0n) is 14.8. The average Bonchev–Trinajstić information content (AvgIpc) is 2.90. The fourth-order valence-electron chi connectivity index (χ4n) is 2.50. The molecule has 8 heteroatoms. The van der Waals surface area contributed by atoms with Gasteiger partial charge in [0.1, 0.15) is 5.82 Å². The molecule has 3 rings (SSSR count). The second-order valence-corrected chi connectivity index (χ2v) is 5.68. The summed E-state index contributed by atoms with van der Waals surface area (Å²) in [5.41, 5.74) is 1.52. The fourth-order valence-corrected chi connectivity index (χ4v) is 2.50. The van der Waals surface area contributed by atoms with Crippen molar-refractivity contribution in [2.75, 3.05) is 25.6 Å². The van der Waals surface area contributed by atoms with E-state index in [9.17, 15) is 4.39 Å². The maximum absolute atomic E-state index is 14.0. The Morgan fingerprint density at radius 2 is 1.96 bits per heavy atom. The molecular weight excluding hydrogens is 462 g/mol. The SMILES string of the molecule is CN=C(NCc1ccc(C#N)cc1F)Nc1ccc2c(c1)OCCCO2.I. The third kappa shape index (κ3) is 5.47. The maximum Gasteiger partial charge on any atom is 0.195 e. The third-order valence-corrected chi connectivity index (χ3v) is 3.86. The molecule has 2 aromatic rings. The Hall–Kier alpha value is -2.54. The van der Waals surface area contributed by atoms with E-state index in [2.05, 4.69) is 15.6 Å². The third-order valence-electron chi connectivity index (χ3n) is 3.86. The van der Waals surface area contributed by atoms with E-state index in [4.69, 9.17) is 14.7 Å². The lowest BCUT2D eigenvalue weighted by atomic mass is 10.1. The molecule has 0 aromatic heterocycles. The van der Waals surface area contributed by atoms with Crippen molar-refractivity contribution < 1.29 is 13.9 Å². The molecule has 0 saturated carbocycles. The van der Waals surface area contributed by atoms with E-state index in [-0.39, 0.29) is 30.5 Å². The molecular formula is C19H20FIN4O2. The number of aliphatic imine (C=N–C) groups is 1. The van der Waals surface area contributed by atoms with E-state index < -0.39 is 5.82 Å². The van der Waals surface area contributed by atoms with Gasteiger partial charge >= 0.3 is 0 Å². The molecule has 6 nitrogen and oxygen atoms in total. The highest BCUT2D eigenvalue weighted by Crippen LogP contribution is 2.32. The summed E-state index contributed by atoms with van der Waals surface area (Å²) in [5.74, 6) is 1.46. The van der Waals surface area contributed by atoms with Gasteiger partial charge in [-0.3, -0.25) is 4.99 Å². The second kappa shape index (κ2) is 9.97. The van der Waals surface area contributed by atoms with E-state index in [1.165, 1.54) is 6.07 Å². The highest BCUT2D eigenvalue weighted by atomic mass is 127. The van der Waals surface area contributed by atoms with Crippen LogP contribution in [-0.4, -0.2) is 26.2 Å². The molecule has 2 N–H and O–H groups in total. The molecule has 0 atom stereocenters. The first-order valence-corrected chi connectivity index (χ1v) is 8.25. The lowest BCUT2D eigenvalue weighted by Crippen LogP contribution is -2.30. The molecule has 0 saturated heterocycles. The minimum Gasteiger partial charge on any atom is -0.490 e.